The van der Waals surface area contributed by atoms with E-state index in [2.05, 4.69) is 5.32 Å². The van der Waals surface area contributed by atoms with Gasteiger partial charge in [-0.2, -0.15) is 0 Å². The lowest BCUT2D eigenvalue weighted by Crippen LogP contribution is -2.41. The number of aromatic hydroxyl groups is 1. The Morgan fingerprint density at radius 2 is 1.88 bits per heavy atom. The Bertz CT molecular complexity index is 1290. The first kappa shape index (κ1) is 23.5. The van der Waals surface area contributed by atoms with E-state index in [0.717, 1.165) is 23.1 Å². The van der Waals surface area contributed by atoms with Gasteiger partial charge in [0.2, 0.25) is 0 Å². The van der Waals surface area contributed by atoms with Crippen molar-refractivity contribution in [1.82, 2.24) is 9.88 Å². The summed E-state index contributed by atoms with van der Waals surface area (Å²) in [6.07, 6.45) is 1.02. The molecule has 0 atom stereocenters. The highest BCUT2D eigenvalue weighted by Gasteiger charge is 2.26. The van der Waals surface area contributed by atoms with Crippen LogP contribution in [-0.2, 0) is 11.8 Å². The number of carboxylic acids is 1. The quantitative estimate of drug-likeness (QED) is 0.523. The molecule has 0 spiro atoms. The van der Waals surface area contributed by atoms with Crippen molar-refractivity contribution >= 4 is 23.4 Å². The van der Waals surface area contributed by atoms with Crippen LogP contribution in [0.25, 0.3) is 11.1 Å². The van der Waals surface area contributed by atoms with Crippen LogP contribution in [0.5, 0.6) is 5.75 Å². The van der Waals surface area contributed by atoms with Crippen molar-refractivity contribution in [3.05, 3.63) is 76.2 Å². The first-order chi connectivity index (χ1) is 15.6. The normalized spacial score (nSPS) is 10.7. The third-order valence-electron chi connectivity index (χ3n) is 4.89. The number of urea groups is 1. The van der Waals surface area contributed by atoms with E-state index >= 15 is 0 Å². The van der Waals surface area contributed by atoms with Crippen molar-refractivity contribution in [2.45, 2.75) is 13.3 Å². The summed E-state index contributed by atoms with van der Waals surface area (Å²) in [5.74, 6) is -2.95. The number of carbonyl (C=O) groups excluding carboxylic acids is 1. The molecule has 0 aliphatic rings. The SMILES string of the molecule is Cc1cn(C)c(=O)c(N(C(=O)NCCC(=O)O)c2cccc(-c3cc(F)ccc3F)c2)c1O. The second kappa shape index (κ2) is 9.51. The number of nitrogens with zero attached hydrogens (tertiary/aromatic N) is 2. The summed E-state index contributed by atoms with van der Waals surface area (Å²) in [7, 11) is 1.44. The fourth-order valence-electron chi connectivity index (χ4n) is 3.30. The lowest BCUT2D eigenvalue weighted by molar-refractivity contribution is -0.136. The molecule has 3 N–H and O–H groups in total. The van der Waals surface area contributed by atoms with E-state index in [1.165, 1.54) is 49.0 Å². The van der Waals surface area contributed by atoms with Gasteiger partial charge in [0, 0.05) is 30.9 Å². The third-order valence-corrected chi connectivity index (χ3v) is 4.89. The molecule has 33 heavy (non-hydrogen) atoms. The number of carbonyl (C=O) groups is 2. The molecule has 0 bridgehead atoms. The molecular formula is C23H21F2N3O5. The van der Waals surface area contributed by atoms with Crippen LogP contribution in [0.2, 0.25) is 0 Å². The average molecular weight is 457 g/mol. The summed E-state index contributed by atoms with van der Waals surface area (Å²) < 4.78 is 29.2. The van der Waals surface area contributed by atoms with Gasteiger partial charge in [0.15, 0.2) is 5.69 Å². The van der Waals surface area contributed by atoms with Gasteiger partial charge in [-0.3, -0.25) is 14.5 Å². The fourth-order valence-corrected chi connectivity index (χ4v) is 3.30. The number of carboxylic acid groups (broad SMARTS) is 1. The maximum Gasteiger partial charge on any atom is 0.326 e. The number of pyridine rings is 1. The van der Waals surface area contributed by atoms with Crippen molar-refractivity contribution in [3.8, 4) is 16.9 Å². The number of nitrogens with one attached hydrogen (secondary N) is 1. The van der Waals surface area contributed by atoms with E-state index in [4.69, 9.17) is 5.11 Å². The number of halogens is 2. The molecule has 0 radical (unpaired) electrons. The van der Waals surface area contributed by atoms with Crippen LogP contribution >= 0.6 is 0 Å². The molecule has 0 unspecified atom stereocenters. The minimum atomic E-state index is -1.14. The number of hydrogen-bond acceptors (Lipinski definition) is 4. The Balaban J connectivity index is 2.17. The van der Waals surface area contributed by atoms with E-state index in [1.807, 2.05) is 0 Å². The Hall–Kier alpha value is -4.21. The molecule has 1 heterocycles. The Kier molecular flexibility index (Phi) is 6.76. The minimum Gasteiger partial charge on any atom is -0.505 e. The first-order valence-corrected chi connectivity index (χ1v) is 9.84. The smallest absolute Gasteiger partial charge is 0.326 e. The molecule has 0 aliphatic carbocycles. The molecule has 10 heteroatoms. The summed E-state index contributed by atoms with van der Waals surface area (Å²) in [5, 5.41) is 21.9. The maximum absolute atomic E-state index is 14.3. The molecule has 3 rings (SSSR count). The van der Waals surface area contributed by atoms with Crippen LogP contribution in [-0.4, -0.2) is 33.3 Å². The third kappa shape index (κ3) is 5.00. The zero-order valence-corrected chi connectivity index (χ0v) is 17.8. The van der Waals surface area contributed by atoms with E-state index in [0.29, 0.717) is 5.56 Å². The monoisotopic (exact) mass is 457 g/mol. The van der Waals surface area contributed by atoms with Gasteiger partial charge < -0.3 is 20.1 Å². The van der Waals surface area contributed by atoms with E-state index in [-0.39, 0.29) is 35.5 Å². The van der Waals surface area contributed by atoms with Crippen LogP contribution in [0, 0.1) is 18.6 Å². The van der Waals surface area contributed by atoms with Gasteiger partial charge in [0.1, 0.15) is 17.4 Å². The summed E-state index contributed by atoms with van der Waals surface area (Å²) in [5.41, 5.74) is -0.540. The predicted octanol–water partition coefficient (Wildman–Crippen LogP) is 3.67. The zero-order chi connectivity index (χ0) is 24.3. The number of aliphatic carboxylic acids is 1. The average Bonchev–Trinajstić information content (AvgIpc) is 2.76. The largest absolute Gasteiger partial charge is 0.505 e. The van der Waals surface area contributed by atoms with Gasteiger partial charge in [0.25, 0.3) is 5.56 Å². The van der Waals surface area contributed by atoms with Crippen molar-refractivity contribution in [2.24, 2.45) is 7.05 Å². The van der Waals surface area contributed by atoms with Crippen molar-refractivity contribution in [3.63, 3.8) is 0 Å². The highest BCUT2D eigenvalue weighted by Crippen LogP contribution is 2.35. The summed E-state index contributed by atoms with van der Waals surface area (Å²) in [4.78, 5) is 37.6. The Morgan fingerprint density at radius 3 is 2.58 bits per heavy atom. The highest BCUT2D eigenvalue weighted by atomic mass is 19.1. The van der Waals surface area contributed by atoms with Crippen LogP contribution in [0.15, 0.2) is 53.5 Å². The number of amides is 2. The van der Waals surface area contributed by atoms with E-state index in [1.54, 1.807) is 0 Å². The number of aryl methyl sites for hydroxylation is 2. The Labute approximate surface area is 187 Å². The molecule has 2 aromatic carbocycles. The molecule has 0 saturated carbocycles. The number of rotatable bonds is 6. The number of aromatic nitrogens is 1. The molecule has 172 valence electrons. The second-order valence-electron chi connectivity index (χ2n) is 7.31. The molecule has 0 fully saturated rings. The van der Waals surface area contributed by atoms with Gasteiger partial charge >= 0.3 is 12.0 Å². The maximum atomic E-state index is 14.3. The number of anilines is 2. The number of benzene rings is 2. The highest BCUT2D eigenvalue weighted by molar-refractivity contribution is 6.01. The fraction of sp³-hybridized carbons (Fsp3) is 0.174. The molecule has 1 aromatic heterocycles. The van der Waals surface area contributed by atoms with Crippen LogP contribution in [0.1, 0.15) is 12.0 Å². The van der Waals surface area contributed by atoms with Crippen LogP contribution in [0.3, 0.4) is 0 Å². The zero-order valence-electron chi connectivity index (χ0n) is 17.8. The first-order valence-electron chi connectivity index (χ1n) is 9.84. The lowest BCUT2D eigenvalue weighted by atomic mass is 10.0. The Morgan fingerprint density at radius 1 is 1.15 bits per heavy atom. The second-order valence-corrected chi connectivity index (χ2v) is 7.31. The molecular weight excluding hydrogens is 436 g/mol. The predicted molar refractivity (Wildman–Crippen MR) is 118 cm³/mol. The van der Waals surface area contributed by atoms with Crippen molar-refractivity contribution in [2.75, 3.05) is 11.4 Å². The summed E-state index contributed by atoms with van der Waals surface area (Å²) in [6.45, 7) is 1.30. The van der Waals surface area contributed by atoms with Gasteiger partial charge in [0.05, 0.1) is 12.1 Å². The van der Waals surface area contributed by atoms with Crippen LogP contribution in [0.4, 0.5) is 25.0 Å². The lowest BCUT2D eigenvalue weighted by Gasteiger charge is -2.25. The number of hydrogen-bond donors (Lipinski definition) is 3. The molecule has 8 nitrogen and oxygen atoms in total. The minimum absolute atomic E-state index is 0.0653. The van der Waals surface area contributed by atoms with Crippen molar-refractivity contribution < 1.29 is 28.6 Å². The van der Waals surface area contributed by atoms with Gasteiger partial charge in [-0.1, -0.05) is 12.1 Å². The molecule has 3 aromatic rings. The topological polar surface area (TPSA) is 112 Å². The van der Waals surface area contributed by atoms with Gasteiger partial charge in [-0.25, -0.2) is 13.6 Å². The molecule has 0 saturated heterocycles. The standard InChI is InChI=1S/C23H21F2N3O5/c1-13-12-27(2)22(32)20(21(13)31)28(23(33)26-9-8-19(29)30)16-5-3-4-14(10-16)17-11-15(24)6-7-18(17)25/h3-7,10-12,31H,8-9H2,1-2H3,(H,26,33)(H,29,30). The summed E-state index contributed by atoms with van der Waals surface area (Å²) >= 11 is 0. The van der Waals surface area contributed by atoms with E-state index in [9.17, 15) is 28.3 Å². The summed E-state index contributed by atoms with van der Waals surface area (Å²) in [6, 6.07) is 7.82. The molecule has 2 amide bonds. The van der Waals surface area contributed by atoms with Gasteiger partial charge in [-0.05, 0) is 42.8 Å². The van der Waals surface area contributed by atoms with Crippen LogP contribution < -0.4 is 15.8 Å². The van der Waals surface area contributed by atoms with Crippen molar-refractivity contribution in [1.29, 1.82) is 0 Å². The van der Waals surface area contributed by atoms with E-state index < -0.39 is 34.9 Å². The molecule has 0 aliphatic heterocycles. The van der Waals surface area contributed by atoms with Gasteiger partial charge in [-0.15, -0.1) is 0 Å².